The number of hydroxylamine groups is 1. The van der Waals surface area contributed by atoms with Crippen LogP contribution >= 0.6 is 0 Å². The fourth-order valence-corrected chi connectivity index (χ4v) is 3.06. The second kappa shape index (κ2) is 8.05. The molecule has 8 nitrogen and oxygen atoms in total. The van der Waals surface area contributed by atoms with Crippen LogP contribution in [-0.4, -0.2) is 27.7 Å². The minimum absolute atomic E-state index is 0.00160. The van der Waals surface area contributed by atoms with Crippen LogP contribution < -0.4 is 15.2 Å². The van der Waals surface area contributed by atoms with Crippen molar-refractivity contribution in [3.05, 3.63) is 63.4 Å². The number of amides is 1. The van der Waals surface area contributed by atoms with E-state index < -0.39 is 16.9 Å². The molecule has 30 heavy (non-hydrogen) atoms. The number of aromatic amines is 1. The average molecular weight is 408 g/mol. The molecule has 2 aromatic heterocycles. The maximum Gasteiger partial charge on any atom is 0.283 e. The molecule has 3 rings (SSSR count). The molecule has 0 bridgehead atoms. The van der Waals surface area contributed by atoms with Gasteiger partial charge in [0.25, 0.3) is 5.91 Å². The summed E-state index contributed by atoms with van der Waals surface area (Å²) in [6, 6.07) is 10.2. The first-order chi connectivity index (χ1) is 14.2. The van der Waals surface area contributed by atoms with Gasteiger partial charge in [-0.15, -0.1) is 0 Å². The van der Waals surface area contributed by atoms with E-state index in [4.69, 9.17) is 9.57 Å². The van der Waals surface area contributed by atoms with E-state index in [0.29, 0.717) is 23.4 Å². The zero-order valence-electron chi connectivity index (χ0n) is 17.6. The Labute approximate surface area is 174 Å². The number of ether oxygens (including phenoxy) is 1. The Balaban J connectivity index is 2.20. The van der Waals surface area contributed by atoms with Gasteiger partial charge in [0.2, 0.25) is 5.43 Å². The van der Waals surface area contributed by atoms with Crippen molar-refractivity contribution >= 4 is 17.2 Å². The summed E-state index contributed by atoms with van der Waals surface area (Å²) < 4.78 is 6.94. The summed E-state index contributed by atoms with van der Waals surface area (Å²) in [5.41, 5.74) is -0.237. The number of carbonyl (C=O) groups is 1. The van der Waals surface area contributed by atoms with Gasteiger partial charge in [-0.3, -0.25) is 19.5 Å². The first-order valence-electron chi connectivity index (χ1n) is 9.57. The van der Waals surface area contributed by atoms with Gasteiger partial charge in [-0.25, -0.2) is 4.52 Å². The zero-order valence-corrected chi connectivity index (χ0v) is 17.6. The number of nitrogens with one attached hydrogen (secondary N) is 1. The van der Waals surface area contributed by atoms with Gasteiger partial charge in [0, 0.05) is 17.3 Å². The number of nitriles is 1. The Hall–Kier alpha value is -3.57. The Bertz CT molecular complexity index is 1180. The number of rotatable bonds is 5. The number of benzene rings is 1. The van der Waals surface area contributed by atoms with Crippen LogP contribution in [0, 0.1) is 18.3 Å². The summed E-state index contributed by atoms with van der Waals surface area (Å²) in [6.45, 7) is 9.38. The first-order valence-corrected chi connectivity index (χ1v) is 9.57. The molecule has 0 aliphatic heterocycles. The predicted molar refractivity (Wildman–Crippen MR) is 113 cm³/mol. The summed E-state index contributed by atoms with van der Waals surface area (Å²) >= 11 is 0. The third-order valence-electron chi connectivity index (χ3n) is 4.32. The Morgan fingerprint density at radius 1 is 1.23 bits per heavy atom. The normalized spacial score (nSPS) is 11.3. The molecule has 8 heteroatoms. The number of fused-ring (bicyclic) bond motifs is 1. The number of aromatic nitrogens is 2. The molecule has 0 aliphatic carbocycles. The van der Waals surface area contributed by atoms with Gasteiger partial charge in [0.05, 0.1) is 17.7 Å². The van der Waals surface area contributed by atoms with E-state index >= 15 is 0 Å². The van der Waals surface area contributed by atoms with Crippen molar-refractivity contribution in [1.29, 1.82) is 5.26 Å². The molecule has 1 N–H and O–H groups in total. The van der Waals surface area contributed by atoms with Crippen molar-refractivity contribution in [3.63, 3.8) is 0 Å². The molecular weight excluding hydrogens is 384 g/mol. The summed E-state index contributed by atoms with van der Waals surface area (Å²) in [7, 11) is 0. The average Bonchev–Trinajstić information content (AvgIpc) is 3.16. The maximum atomic E-state index is 13.4. The molecule has 1 aromatic carbocycles. The molecule has 0 atom stereocenters. The highest BCUT2D eigenvalue weighted by molar-refractivity contribution is 6.05. The van der Waals surface area contributed by atoms with Crippen LogP contribution in [0.15, 0.2) is 41.3 Å². The molecule has 1 amide bonds. The maximum absolute atomic E-state index is 13.4. The number of hydrogen-bond donors (Lipinski definition) is 1. The SMILES string of the molecule is CCOc1ccc(C(=O)N(OC(C)(C)C)c2c(C)c(=O)c(C#N)c3cc[nH]n23)cc1. The summed E-state index contributed by atoms with van der Waals surface area (Å²) in [5.74, 6) is 0.409. The lowest BCUT2D eigenvalue weighted by molar-refractivity contribution is -0.0173. The lowest BCUT2D eigenvalue weighted by atomic mass is 10.1. The van der Waals surface area contributed by atoms with Crippen molar-refractivity contribution in [1.82, 2.24) is 9.61 Å². The molecular formula is C22H24N4O4. The number of H-pyrrole nitrogens is 1. The fraction of sp³-hybridized carbons (Fsp3) is 0.318. The second-order valence-corrected chi connectivity index (χ2v) is 7.71. The molecule has 0 fully saturated rings. The highest BCUT2D eigenvalue weighted by atomic mass is 16.7. The van der Waals surface area contributed by atoms with Gasteiger partial charge in [-0.05, 0) is 65.0 Å². The van der Waals surface area contributed by atoms with E-state index in [2.05, 4.69) is 5.10 Å². The molecule has 0 spiro atoms. The third kappa shape index (κ3) is 3.93. The summed E-state index contributed by atoms with van der Waals surface area (Å²) in [6.07, 6.45) is 1.59. The van der Waals surface area contributed by atoms with Gasteiger partial charge >= 0.3 is 0 Å². The van der Waals surface area contributed by atoms with E-state index in [0.717, 1.165) is 5.06 Å². The van der Waals surface area contributed by atoms with E-state index in [1.165, 1.54) is 4.52 Å². The van der Waals surface area contributed by atoms with Gasteiger partial charge in [-0.1, -0.05) is 0 Å². The van der Waals surface area contributed by atoms with Crippen LogP contribution in [0.4, 0.5) is 5.82 Å². The smallest absolute Gasteiger partial charge is 0.283 e. The van der Waals surface area contributed by atoms with Gasteiger partial charge < -0.3 is 4.74 Å². The second-order valence-electron chi connectivity index (χ2n) is 7.71. The molecule has 156 valence electrons. The van der Waals surface area contributed by atoms with Crippen molar-refractivity contribution in [3.8, 4) is 11.8 Å². The molecule has 0 aliphatic rings. The topological polar surface area (TPSA) is 99.8 Å². The lowest BCUT2D eigenvalue weighted by Crippen LogP contribution is -2.41. The Kier molecular flexibility index (Phi) is 5.67. The third-order valence-corrected chi connectivity index (χ3v) is 4.32. The standard InChI is InChI=1S/C22H24N4O4/c1-6-29-16-9-7-15(8-10-16)21(28)26(30-22(3,4)5)20-14(2)19(27)17(13-23)18-11-12-24-25(18)20/h7-12,24H,6H2,1-5H3. The van der Waals surface area contributed by atoms with Crippen LogP contribution in [0.3, 0.4) is 0 Å². The van der Waals surface area contributed by atoms with Gasteiger partial charge in [0.15, 0.2) is 5.82 Å². The molecule has 0 unspecified atom stereocenters. The van der Waals surface area contributed by atoms with Crippen molar-refractivity contribution in [2.45, 2.75) is 40.2 Å². The molecule has 0 radical (unpaired) electrons. The first kappa shape index (κ1) is 21.1. The molecule has 0 saturated heterocycles. The monoisotopic (exact) mass is 408 g/mol. The van der Waals surface area contributed by atoms with Crippen LogP contribution in [0.25, 0.3) is 5.52 Å². The van der Waals surface area contributed by atoms with Crippen LogP contribution in [-0.2, 0) is 4.84 Å². The largest absolute Gasteiger partial charge is 0.494 e. The van der Waals surface area contributed by atoms with Crippen LogP contribution in [0.5, 0.6) is 5.75 Å². The van der Waals surface area contributed by atoms with Crippen LogP contribution in [0.1, 0.15) is 49.2 Å². The number of pyridine rings is 1. The van der Waals surface area contributed by atoms with E-state index in [1.807, 2.05) is 13.0 Å². The fourth-order valence-electron chi connectivity index (χ4n) is 3.06. The van der Waals surface area contributed by atoms with E-state index in [1.54, 1.807) is 64.2 Å². The minimum Gasteiger partial charge on any atom is -0.494 e. The van der Waals surface area contributed by atoms with Crippen molar-refractivity contribution in [2.24, 2.45) is 0 Å². The van der Waals surface area contributed by atoms with Gasteiger partial charge in [-0.2, -0.15) is 10.3 Å². The summed E-state index contributed by atoms with van der Waals surface area (Å²) in [4.78, 5) is 32.3. The van der Waals surface area contributed by atoms with Gasteiger partial charge in [0.1, 0.15) is 17.4 Å². The van der Waals surface area contributed by atoms with E-state index in [-0.39, 0.29) is 16.9 Å². The predicted octanol–water partition coefficient (Wildman–Crippen LogP) is 3.58. The number of hydrogen-bond acceptors (Lipinski definition) is 5. The Morgan fingerprint density at radius 3 is 2.47 bits per heavy atom. The molecule has 2 heterocycles. The number of carbonyl (C=O) groups excluding carboxylic acids is 1. The molecule has 3 aromatic rings. The van der Waals surface area contributed by atoms with Crippen molar-refractivity contribution in [2.75, 3.05) is 11.7 Å². The number of anilines is 1. The van der Waals surface area contributed by atoms with Crippen LogP contribution in [0.2, 0.25) is 0 Å². The Morgan fingerprint density at radius 2 is 1.90 bits per heavy atom. The lowest BCUT2D eigenvalue weighted by Gasteiger charge is -2.30. The molecule has 0 saturated carbocycles. The summed E-state index contributed by atoms with van der Waals surface area (Å²) in [5, 5.41) is 13.5. The van der Waals surface area contributed by atoms with E-state index in [9.17, 15) is 14.9 Å². The quantitative estimate of drug-likeness (QED) is 0.651. The minimum atomic E-state index is -0.732. The number of nitrogens with zero attached hydrogens (tertiary/aromatic N) is 3. The highest BCUT2D eigenvalue weighted by Gasteiger charge is 2.30. The zero-order chi connectivity index (χ0) is 22.1. The highest BCUT2D eigenvalue weighted by Crippen LogP contribution is 2.27. The van der Waals surface area contributed by atoms with Crippen molar-refractivity contribution < 1.29 is 14.4 Å².